The number of pyridine rings is 1. The summed E-state index contributed by atoms with van der Waals surface area (Å²) in [6.07, 6.45) is 16.8. The van der Waals surface area contributed by atoms with Crippen LogP contribution in [0.15, 0.2) is 73.1 Å². The number of benzene rings is 2. The van der Waals surface area contributed by atoms with Crippen LogP contribution in [0.4, 0.5) is 5.69 Å². The van der Waals surface area contributed by atoms with Crippen molar-refractivity contribution >= 4 is 11.6 Å². The first-order valence-corrected chi connectivity index (χ1v) is 14.2. The zero-order valence-electron chi connectivity index (χ0n) is 23.9. The third-order valence-electron chi connectivity index (χ3n) is 6.82. The molecule has 5 nitrogen and oxygen atoms in total. The zero-order chi connectivity index (χ0) is 27.0. The second-order valence-electron chi connectivity index (χ2n) is 10.0. The Morgan fingerprint density at radius 2 is 1.49 bits per heavy atom. The fourth-order valence-corrected chi connectivity index (χ4v) is 4.64. The summed E-state index contributed by atoms with van der Waals surface area (Å²) in [6.45, 7) is 3.38. The molecule has 0 aliphatic rings. The van der Waals surface area contributed by atoms with Gasteiger partial charge < -0.3 is 38.4 Å². The SMILES string of the molecule is CCCCCCCCCCCCOc1ccc(CN(C(=O)c2ccc[n+](C)c2)c2ccccc2)cc1OC.[I-]. The monoisotopic (exact) mass is 644 g/mol. The molecule has 0 N–H and O–H groups in total. The second kappa shape index (κ2) is 18.6. The minimum absolute atomic E-state index is 0. The molecule has 0 aliphatic heterocycles. The van der Waals surface area contributed by atoms with Crippen molar-refractivity contribution in [2.45, 2.75) is 77.7 Å². The van der Waals surface area contributed by atoms with Crippen LogP contribution in [0.1, 0.15) is 87.1 Å². The Balaban J connectivity index is 0.00000533. The van der Waals surface area contributed by atoms with E-state index in [1.54, 1.807) is 12.0 Å². The highest BCUT2D eigenvalue weighted by atomic mass is 127. The molecule has 39 heavy (non-hydrogen) atoms. The normalized spacial score (nSPS) is 10.5. The molecule has 212 valence electrons. The van der Waals surface area contributed by atoms with Gasteiger partial charge in [0.1, 0.15) is 12.6 Å². The second-order valence-corrected chi connectivity index (χ2v) is 10.0. The molecule has 3 rings (SSSR count). The van der Waals surface area contributed by atoms with Gasteiger partial charge in [-0.2, -0.15) is 0 Å². The molecule has 1 amide bonds. The maximum atomic E-state index is 13.5. The van der Waals surface area contributed by atoms with Crippen LogP contribution in [0.5, 0.6) is 11.5 Å². The summed E-state index contributed by atoms with van der Waals surface area (Å²) in [7, 11) is 3.58. The fourth-order valence-electron chi connectivity index (χ4n) is 4.64. The lowest BCUT2D eigenvalue weighted by atomic mass is 10.1. The first-order valence-electron chi connectivity index (χ1n) is 14.2. The van der Waals surface area contributed by atoms with Crippen LogP contribution in [-0.2, 0) is 13.6 Å². The summed E-state index contributed by atoms with van der Waals surface area (Å²) in [5.41, 5.74) is 2.47. The van der Waals surface area contributed by atoms with Gasteiger partial charge in [-0.25, -0.2) is 4.57 Å². The number of rotatable bonds is 17. The van der Waals surface area contributed by atoms with Crippen molar-refractivity contribution in [1.82, 2.24) is 0 Å². The molecule has 0 unspecified atom stereocenters. The predicted octanol–water partition coefficient (Wildman–Crippen LogP) is 4.67. The number of nitrogens with zero attached hydrogens (tertiary/aromatic N) is 2. The zero-order valence-corrected chi connectivity index (χ0v) is 26.1. The number of carbonyl (C=O) groups is 1. The third kappa shape index (κ3) is 11.2. The maximum Gasteiger partial charge on any atom is 0.264 e. The Morgan fingerprint density at radius 1 is 0.821 bits per heavy atom. The van der Waals surface area contributed by atoms with Crippen molar-refractivity contribution in [1.29, 1.82) is 0 Å². The highest BCUT2D eigenvalue weighted by Gasteiger charge is 2.21. The van der Waals surface area contributed by atoms with Crippen molar-refractivity contribution in [3.8, 4) is 11.5 Å². The molecule has 0 atom stereocenters. The van der Waals surface area contributed by atoms with Gasteiger partial charge >= 0.3 is 0 Å². The molecule has 2 aromatic carbocycles. The quantitative estimate of drug-likeness (QED) is 0.122. The van der Waals surface area contributed by atoms with E-state index in [1.807, 2.05) is 84.7 Å². The number of hydrogen-bond donors (Lipinski definition) is 0. The van der Waals surface area contributed by atoms with E-state index >= 15 is 0 Å². The van der Waals surface area contributed by atoms with E-state index in [1.165, 1.54) is 57.8 Å². The Kier molecular flexibility index (Phi) is 15.6. The molecule has 0 fully saturated rings. The molecule has 0 bridgehead atoms. The van der Waals surface area contributed by atoms with Crippen molar-refractivity contribution in [3.05, 3.63) is 84.2 Å². The molecular formula is C33H45IN2O3. The van der Waals surface area contributed by atoms with E-state index in [9.17, 15) is 4.79 Å². The lowest BCUT2D eigenvalue weighted by Gasteiger charge is -2.23. The summed E-state index contributed by atoms with van der Waals surface area (Å²) in [6, 6.07) is 19.5. The summed E-state index contributed by atoms with van der Waals surface area (Å²) < 4.78 is 13.6. The molecule has 0 saturated heterocycles. The average Bonchev–Trinajstić information content (AvgIpc) is 2.95. The molecule has 0 aliphatic carbocycles. The Labute approximate surface area is 252 Å². The van der Waals surface area contributed by atoms with Crippen molar-refractivity contribution in [2.75, 3.05) is 18.6 Å². The Bertz CT molecular complexity index is 1110. The molecule has 0 radical (unpaired) electrons. The topological polar surface area (TPSA) is 42.7 Å². The number of aromatic nitrogens is 1. The number of para-hydroxylation sites is 1. The number of hydrogen-bond acceptors (Lipinski definition) is 3. The lowest BCUT2D eigenvalue weighted by molar-refractivity contribution is -0.671. The molecular weight excluding hydrogens is 599 g/mol. The predicted molar refractivity (Wildman–Crippen MR) is 155 cm³/mol. The standard InChI is InChI=1S/C33H45N2O3.HI/c1-4-5-6-7-8-9-10-11-12-16-24-38-31-22-21-28(25-32(31)37-3)26-35(30-19-14-13-15-20-30)33(36)29-18-17-23-34(2)27-29;/h13-15,17-23,25,27H,4-12,16,24,26H2,1-3H3;1H/q+1;/p-1. The van der Waals surface area contributed by atoms with E-state index < -0.39 is 0 Å². The molecule has 1 aromatic heterocycles. The number of aryl methyl sites for hydroxylation is 1. The number of methoxy groups -OCH3 is 1. The Morgan fingerprint density at radius 3 is 2.13 bits per heavy atom. The van der Waals surface area contributed by atoms with Crippen molar-refractivity contribution in [2.24, 2.45) is 7.05 Å². The van der Waals surface area contributed by atoms with Gasteiger partial charge in [-0.15, -0.1) is 0 Å². The van der Waals surface area contributed by atoms with Crippen LogP contribution in [0.3, 0.4) is 0 Å². The summed E-state index contributed by atoms with van der Waals surface area (Å²) in [5, 5.41) is 0. The minimum Gasteiger partial charge on any atom is -1.00 e. The van der Waals surface area contributed by atoms with Gasteiger partial charge in [-0.3, -0.25) is 4.79 Å². The van der Waals surface area contributed by atoms with E-state index in [0.717, 1.165) is 23.4 Å². The minimum atomic E-state index is -0.0485. The van der Waals surface area contributed by atoms with Crippen molar-refractivity contribution < 1.29 is 42.8 Å². The van der Waals surface area contributed by atoms with Gasteiger partial charge in [-0.05, 0) is 42.3 Å². The van der Waals surface area contributed by atoms with Gasteiger partial charge in [0, 0.05) is 11.8 Å². The lowest BCUT2D eigenvalue weighted by Crippen LogP contribution is -3.00. The van der Waals surface area contributed by atoms with Crippen molar-refractivity contribution in [3.63, 3.8) is 0 Å². The highest BCUT2D eigenvalue weighted by Crippen LogP contribution is 2.30. The van der Waals surface area contributed by atoms with Crippen LogP contribution >= 0.6 is 0 Å². The number of carbonyl (C=O) groups excluding carboxylic acids is 1. The summed E-state index contributed by atoms with van der Waals surface area (Å²) in [5.74, 6) is 1.40. The van der Waals surface area contributed by atoms with Crippen LogP contribution in [0.25, 0.3) is 0 Å². The third-order valence-corrected chi connectivity index (χ3v) is 6.82. The molecule has 1 heterocycles. The molecule has 0 spiro atoms. The number of amides is 1. The van der Waals surface area contributed by atoms with Gasteiger partial charge in [0.2, 0.25) is 0 Å². The first kappa shape index (κ1) is 32.6. The number of unbranched alkanes of at least 4 members (excludes halogenated alkanes) is 9. The van der Waals surface area contributed by atoms with E-state index in [-0.39, 0.29) is 29.9 Å². The van der Waals surface area contributed by atoms with Crippen LogP contribution in [0.2, 0.25) is 0 Å². The van der Waals surface area contributed by atoms with Crippen LogP contribution in [0, 0.1) is 0 Å². The van der Waals surface area contributed by atoms with Crippen LogP contribution in [-0.4, -0.2) is 19.6 Å². The van der Waals surface area contributed by atoms with Crippen LogP contribution < -0.4 is 42.9 Å². The molecule has 6 heteroatoms. The first-order chi connectivity index (χ1) is 18.6. The van der Waals surface area contributed by atoms with E-state index in [4.69, 9.17) is 9.47 Å². The number of halogens is 1. The highest BCUT2D eigenvalue weighted by molar-refractivity contribution is 6.05. The van der Waals surface area contributed by atoms with E-state index in [0.29, 0.717) is 24.5 Å². The van der Waals surface area contributed by atoms with Gasteiger partial charge in [-0.1, -0.05) is 89.0 Å². The van der Waals surface area contributed by atoms with E-state index in [2.05, 4.69) is 6.92 Å². The largest absolute Gasteiger partial charge is 1.00 e. The van der Waals surface area contributed by atoms with Gasteiger partial charge in [0.25, 0.3) is 5.91 Å². The fraction of sp³-hybridized carbons (Fsp3) is 0.455. The van der Waals surface area contributed by atoms with Gasteiger partial charge in [0.15, 0.2) is 23.9 Å². The average molecular weight is 645 g/mol. The molecule has 0 saturated carbocycles. The summed E-state index contributed by atoms with van der Waals surface area (Å²) in [4.78, 5) is 15.3. The Hall–Kier alpha value is -2.61. The number of anilines is 1. The number of ether oxygens (including phenoxy) is 2. The summed E-state index contributed by atoms with van der Waals surface area (Å²) >= 11 is 0. The van der Waals surface area contributed by atoms with Gasteiger partial charge in [0.05, 0.1) is 20.3 Å². The molecule has 3 aromatic rings. The smallest absolute Gasteiger partial charge is 0.264 e. The maximum absolute atomic E-state index is 13.5.